The molecule has 2 aromatic heterocycles. The molecular formula is C23H27N5O3S. The smallest absolute Gasteiger partial charge is 0.250 e. The minimum Gasteiger partial charge on any atom is -0.379 e. The molecule has 32 heavy (non-hydrogen) atoms. The van der Waals surface area contributed by atoms with Gasteiger partial charge in [0.25, 0.3) is 0 Å². The Hall–Kier alpha value is -3.06. The van der Waals surface area contributed by atoms with E-state index in [1.165, 1.54) is 13.4 Å². The number of nitrogens with one attached hydrogen (secondary N) is 2. The summed E-state index contributed by atoms with van der Waals surface area (Å²) in [5.41, 5.74) is 4.22. The number of nitriles is 1. The number of H-pyrrole nitrogens is 1. The fourth-order valence-electron chi connectivity index (χ4n) is 3.56. The molecule has 2 heterocycles. The molecule has 1 aromatic carbocycles. The largest absolute Gasteiger partial charge is 0.379 e. The SMILES string of the molecule is COCC(=O)Nc1ccc(-c2c(C#N)c3[nH]cnc(=S)c3n2CCCCOC(C)C)cc1. The fraction of sp³-hybridized carbons (Fsp3) is 0.391. The second kappa shape index (κ2) is 11.0. The van der Waals surface area contributed by atoms with Gasteiger partial charge in [0.05, 0.1) is 23.6 Å². The Morgan fingerprint density at radius 3 is 2.72 bits per heavy atom. The molecule has 2 N–H and O–H groups in total. The lowest BCUT2D eigenvalue weighted by molar-refractivity contribution is -0.119. The summed E-state index contributed by atoms with van der Waals surface area (Å²) in [6, 6.07) is 9.70. The Bertz CT molecular complexity index is 1180. The Kier molecular flexibility index (Phi) is 8.11. The van der Waals surface area contributed by atoms with Crippen LogP contribution in [0.1, 0.15) is 32.3 Å². The number of carbonyl (C=O) groups is 1. The molecule has 9 heteroatoms. The van der Waals surface area contributed by atoms with Gasteiger partial charge >= 0.3 is 0 Å². The monoisotopic (exact) mass is 453 g/mol. The first-order valence-electron chi connectivity index (χ1n) is 10.5. The van der Waals surface area contributed by atoms with Gasteiger partial charge in [0.1, 0.15) is 23.8 Å². The average Bonchev–Trinajstić information content (AvgIpc) is 3.08. The molecule has 1 amide bonds. The third-order valence-electron chi connectivity index (χ3n) is 4.91. The molecule has 0 fully saturated rings. The molecule has 0 aliphatic rings. The molecule has 0 saturated carbocycles. The van der Waals surface area contributed by atoms with E-state index in [0.717, 1.165) is 29.6 Å². The summed E-state index contributed by atoms with van der Waals surface area (Å²) in [5.74, 6) is -0.230. The minimum atomic E-state index is -0.230. The maximum atomic E-state index is 11.8. The highest BCUT2D eigenvalue weighted by Gasteiger charge is 2.20. The van der Waals surface area contributed by atoms with E-state index in [0.29, 0.717) is 34.6 Å². The molecule has 168 valence electrons. The van der Waals surface area contributed by atoms with E-state index in [1.807, 2.05) is 26.0 Å². The van der Waals surface area contributed by atoms with Crippen molar-refractivity contribution in [3.8, 4) is 17.3 Å². The maximum Gasteiger partial charge on any atom is 0.250 e. The van der Waals surface area contributed by atoms with E-state index in [1.54, 1.807) is 12.1 Å². The second-order valence-corrected chi connectivity index (χ2v) is 7.99. The molecule has 0 unspecified atom stereocenters. The maximum absolute atomic E-state index is 11.8. The van der Waals surface area contributed by atoms with E-state index in [-0.39, 0.29) is 18.6 Å². The number of aromatic amines is 1. The van der Waals surface area contributed by atoms with Crippen LogP contribution in [0.3, 0.4) is 0 Å². The van der Waals surface area contributed by atoms with Crippen molar-refractivity contribution in [3.63, 3.8) is 0 Å². The number of unbranched alkanes of at least 4 members (excludes halogenated alkanes) is 1. The zero-order valence-corrected chi connectivity index (χ0v) is 19.3. The van der Waals surface area contributed by atoms with Crippen LogP contribution in [0.4, 0.5) is 5.69 Å². The Morgan fingerprint density at radius 1 is 1.31 bits per heavy atom. The Balaban J connectivity index is 1.98. The lowest BCUT2D eigenvalue weighted by Gasteiger charge is -2.13. The topological polar surface area (TPSA) is 105 Å². The van der Waals surface area contributed by atoms with Gasteiger partial charge in [-0.15, -0.1) is 0 Å². The number of carbonyl (C=O) groups excluding carboxylic acids is 1. The predicted molar refractivity (Wildman–Crippen MR) is 126 cm³/mol. The Morgan fingerprint density at radius 2 is 2.06 bits per heavy atom. The van der Waals surface area contributed by atoms with E-state index in [4.69, 9.17) is 21.7 Å². The number of aromatic nitrogens is 3. The summed E-state index contributed by atoms with van der Waals surface area (Å²) in [4.78, 5) is 19.1. The molecule has 0 aliphatic carbocycles. The molecule has 0 atom stereocenters. The van der Waals surface area contributed by atoms with Crippen LogP contribution in [-0.2, 0) is 20.8 Å². The standard InChI is InChI=1S/C23H27N5O3S/c1-15(2)31-11-5-4-10-28-21(18(12-24)20-22(28)23(32)26-14-25-20)16-6-8-17(9-7-16)27-19(29)13-30-3/h6-9,14-15H,4-5,10-11,13H2,1-3H3,(H,27,29)(H,25,26,32). The number of rotatable bonds is 10. The first-order valence-corrected chi connectivity index (χ1v) is 10.9. The van der Waals surface area contributed by atoms with E-state index >= 15 is 0 Å². The normalized spacial score (nSPS) is 11.1. The minimum absolute atomic E-state index is 0.0143. The third-order valence-corrected chi connectivity index (χ3v) is 5.21. The van der Waals surface area contributed by atoms with Crippen molar-refractivity contribution in [2.24, 2.45) is 0 Å². The van der Waals surface area contributed by atoms with Crippen molar-refractivity contribution in [2.75, 3.05) is 25.6 Å². The number of anilines is 1. The second-order valence-electron chi connectivity index (χ2n) is 7.60. The highest BCUT2D eigenvalue weighted by Crippen LogP contribution is 2.33. The first kappa shape index (κ1) is 23.6. The molecule has 0 radical (unpaired) electrons. The molecule has 3 rings (SSSR count). The summed E-state index contributed by atoms with van der Waals surface area (Å²) >= 11 is 5.50. The van der Waals surface area contributed by atoms with Gasteiger partial charge in [0, 0.05) is 25.9 Å². The summed E-state index contributed by atoms with van der Waals surface area (Å²) in [5, 5.41) is 12.7. The van der Waals surface area contributed by atoms with Crippen molar-refractivity contribution in [1.29, 1.82) is 5.26 Å². The zero-order valence-electron chi connectivity index (χ0n) is 18.5. The molecular weight excluding hydrogens is 426 g/mol. The van der Waals surface area contributed by atoms with Crippen LogP contribution < -0.4 is 5.32 Å². The Labute approximate surface area is 192 Å². The van der Waals surface area contributed by atoms with Gasteiger partial charge in [-0.1, -0.05) is 24.4 Å². The van der Waals surface area contributed by atoms with Crippen LogP contribution in [0.2, 0.25) is 0 Å². The molecule has 0 spiro atoms. The van der Waals surface area contributed by atoms with Gasteiger partial charge in [0.2, 0.25) is 5.91 Å². The van der Waals surface area contributed by atoms with Gasteiger partial charge in [-0.25, -0.2) is 4.98 Å². The summed E-state index contributed by atoms with van der Waals surface area (Å²) < 4.78 is 13.0. The van der Waals surface area contributed by atoms with Crippen molar-refractivity contribution >= 4 is 34.8 Å². The summed E-state index contributed by atoms with van der Waals surface area (Å²) in [6.45, 7) is 5.37. The third kappa shape index (κ3) is 5.40. The number of nitrogens with zero attached hydrogens (tertiary/aromatic N) is 3. The van der Waals surface area contributed by atoms with Crippen molar-refractivity contribution < 1.29 is 14.3 Å². The van der Waals surface area contributed by atoms with Crippen LogP contribution in [0, 0.1) is 16.0 Å². The molecule has 0 saturated heterocycles. The quantitative estimate of drug-likeness (QED) is 0.348. The van der Waals surface area contributed by atoms with Crippen molar-refractivity contribution in [2.45, 2.75) is 39.3 Å². The first-order chi connectivity index (χ1) is 15.5. The van der Waals surface area contributed by atoms with Crippen LogP contribution in [0.5, 0.6) is 0 Å². The summed E-state index contributed by atoms with van der Waals surface area (Å²) in [7, 11) is 1.47. The number of amides is 1. The number of fused-ring (bicyclic) bond motifs is 1. The van der Waals surface area contributed by atoms with E-state index < -0.39 is 0 Å². The fourth-order valence-corrected chi connectivity index (χ4v) is 3.83. The number of ether oxygens (including phenoxy) is 2. The predicted octanol–water partition coefficient (Wildman–Crippen LogP) is 4.42. The number of hydrogen-bond donors (Lipinski definition) is 2. The average molecular weight is 454 g/mol. The van der Waals surface area contributed by atoms with Crippen LogP contribution in [-0.4, -0.2) is 46.9 Å². The van der Waals surface area contributed by atoms with Gasteiger partial charge in [-0.2, -0.15) is 5.26 Å². The highest BCUT2D eigenvalue weighted by atomic mass is 32.1. The zero-order chi connectivity index (χ0) is 23.1. The molecule has 0 aliphatic heterocycles. The van der Waals surface area contributed by atoms with Crippen LogP contribution >= 0.6 is 12.2 Å². The lowest BCUT2D eigenvalue weighted by Crippen LogP contribution is -2.16. The van der Waals surface area contributed by atoms with Gasteiger partial charge < -0.3 is 24.3 Å². The molecule has 0 bridgehead atoms. The lowest BCUT2D eigenvalue weighted by atomic mass is 10.1. The highest BCUT2D eigenvalue weighted by molar-refractivity contribution is 7.71. The van der Waals surface area contributed by atoms with E-state index in [9.17, 15) is 10.1 Å². The van der Waals surface area contributed by atoms with Crippen LogP contribution in [0.15, 0.2) is 30.6 Å². The van der Waals surface area contributed by atoms with Gasteiger partial charge in [-0.3, -0.25) is 4.79 Å². The molecule has 3 aromatic rings. The molecule has 8 nitrogen and oxygen atoms in total. The number of hydrogen-bond acceptors (Lipinski definition) is 6. The van der Waals surface area contributed by atoms with Crippen LogP contribution in [0.25, 0.3) is 22.3 Å². The van der Waals surface area contributed by atoms with Gasteiger partial charge in [0.15, 0.2) is 4.64 Å². The van der Waals surface area contributed by atoms with Crippen molar-refractivity contribution in [3.05, 3.63) is 40.8 Å². The van der Waals surface area contributed by atoms with Crippen molar-refractivity contribution in [1.82, 2.24) is 14.5 Å². The summed E-state index contributed by atoms with van der Waals surface area (Å²) in [6.07, 6.45) is 3.47. The van der Waals surface area contributed by atoms with Gasteiger partial charge in [-0.05, 0) is 44.4 Å². The number of benzene rings is 1. The van der Waals surface area contributed by atoms with E-state index in [2.05, 4.69) is 25.9 Å². The number of aryl methyl sites for hydroxylation is 1. The number of methoxy groups -OCH3 is 1.